The van der Waals surface area contributed by atoms with Gasteiger partial charge >= 0.3 is 0 Å². The second-order valence-electron chi connectivity index (χ2n) is 4.83. The van der Waals surface area contributed by atoms with Crippen LogP contribution in [0.1, 0.15) is 10.4 Å². The van der Waals surface area contributed by atoms with E-state index >= 15 is 0 Å². The molecule has 6 heteroatoms. The molecule has 1 heterocycles. The van der Waals surface area contributed by atoms with Gasteiger partial charge < -0.3 is 10.1 Å². The molecule has 23 heavy (non-hydrogen) atoms. The van der Waals surface area contributed by atoms with Gasteiger partial charge in [-0.25, -0.2) is 9.07 Å². The van der Waals surface area contributed by atoms with Gasteiger partial charge in [-0.3, -0.25) is 4.79 Å². The number of halogens is 1. The molecule has 5 nitrogen and oxygen atoms in total. The zero-order chi connectivity index (χ0) is 16.2. The van der Waals surface area contributed by atoms with Crippen LogP contribution in [0.2, 0.25) is 0 Å². The number of amides is 1. The summed E-state index contributed by atoms with van der Waals surface area (Å²) in [6.45, 7) is 0. The number of carbonyl (C=O) groups is 1. The van der Waals surface area contributed by atoms with Crippen LogP contribution in [0, 0.1) is 5.82 Å². The van der Waals surface area contributed by atoms with E-state index < -0.39 is 0 Å². The van der Waals surface area contributed by atoms with E-state index in [1.807, 2.05) is 0 Å². The van der Waals surface area contributed by atoms with Gasteiger partial charge in [-0.2, -0.15) is 5.10 Å². The Morgan fingerprint density at radius 1 is 1.13 bits per heavy atom. The lowest BCUT2D eigenvalue weighted by Gasteiger charge is -2.05. The van der Waals surface area contributed by atoms with E-state index in [9.17, 15) is 9.18 Å². The molecule has 0 aliphatic carbocycles. The highest BCUT2D eigenvalue weighted by Gasteiger charge is 2.10. The molecule has 0 aliphatic heterocycles. The van der Waals surface area contributed by atoms with Crippen LogP contribution < -0.4 is 10.1 Å². The van der Waals surface area contributed by atoms with Crippen LogP contribution in [0.25, 0.3) is 5.69 Å². The number of hydrogen-bond donors (Lipinski definition) is 1. The SMILES string of the molecule is COc1ccc(NC(=O)c2cnn(-c3ccc(F)cc3)c2)cc1. The fourth-order valence-corrected chi connectivity index (χ4v) is 2.05. The summed E-state index contributed by atoms with van der Waals surface area (Å²) >= 11 is 0. The van der Waals surface area contributed by atoms with Crippen molar-refractivity contribution < 1.29 is 13.9 Å². The molecule has 0 unspecified atom stereocenters. The molecular weight excluding hydrogens is 297 g/mol. The Balaban J connectivity index is 1.74. The number of benzene rings is 2. The van der Waals surface area contributed by atoms with E-state index in [0.717, 1.165) is 0 Å². The van der Waals surface area contributed by atoms with Crippen LogP contribution in [-0.4, -0.2) is 22.8 Å². The molecule has 0 bridgehead atoms. The Bertz CT molecular complexity index is 811. The number of carbonyl (C=O) groups excluding carboxylic acids is 1. The second-order valence-corrected chi connectivity index (χ2v) is 4.83. The van der Waals surface area contributed by atoms with Gasteiger partial charge in [0.25, 0.3) is 5.91 Å². The van der Waals surface area contributed by atoms with Crippen molar-refractivity contribution >= 4 is 11.6 Å². The molecular formula is C17H14FN3O2. The maximum absolute atomic E-state index is 12.9. The Kier molecular flexibility index (Phi) is 4.05. The van der Waals surface area contributed by atoms with Crippen molar-refractivity contribution in [3.8, 4) is 11.4 Å². The maximum atomic E-state index is 12.9. The van der Waals surface area contributed by atoms with E-state index in [1.165, 1.54) is 23.0 Å². The third-order valence-electron chi connectivity index (χ3n) is 3.28. The van der Waals surface area contributed by atoms with Gasteiger partial charge in [-0.15, -0.1) is 0 Å². The predicted molar refractivity (Wildman–Crippen MR) is 84.5 cm³/mol. The average molecular weight is 311 g/mol. The van der Waals surface area contributed by atoms with E-state index in [-0.39, 0.29) is 11.7 Å². The summed E-state index contributed by atoms with van der Waals surface area (Å²) in [7, 11) is 1.58. The summed E-state index contributed by atoms with van der Waals surface area (Å²) in [5.41, 5.74) is 1.74. The Morgan fingerprint density at radius 2 is 1.83 bits per heavy atom. The third-order valence-corrected chi connectivity index (χ3v) is 3.28. The highest BCUT2D eigenvalue weighted by molar-refractivity contribution is 6.04. The van der Waals surface area contributed by atoms with E-state index in [2.05, 4.69) is 10.4 Å². The Morgan fingerprint density at radius 3 is 2.48 bits per heavy atom. The molecule has 116 valence electrons. The molecule has 0 aliphatic rings. The molecule has 0 radical (unpaired) electrons. The molecule has 1 N–H and O–H groups in total. The number of aromatic nitrogens is 2. The van der Waals surface area contributed by atoms with E-state index in [0.29, 0.717) is 22.7 Å². The lowest BCUT2D eigenvalue weighted by atomic mass is 10.2. The Hall–Kier alpha value is -3.15. The maximum Gasteiger partial charge on any atom is 0.258 e. The number of hydrogen-bond acceptors (Lipinski definition) is 3. The van der Waals surface area contributed by atoms with Crippen LogP contribution in [0.5, 0.6) is 5.75 Å². The molecule has 0 atom stereocenters. The highest BCUT2D eigenvalue weighted by atomic mass is 19.1. The van der Waals surface area contributed by atoms with Crippen molar-refractivity contribution in [1.82, 2.24) is 9.78 Å². The van der Waals surface area contributed by atoms with Gasteiger partial charge in [0.2, 0.25) is 0 Å². The Labute approximate surface area is 132 Å². The van der Waals surface area contributed by atoms with E-state index in [1.54, 1.807) is 49.7 Å². The average Bonchev–Trinajstić information content (AvgIpc) is 3.06. The first kappa shape index (κ1) is 14.8. The fourth-order valence-electron chi connectivity index (χ4n) is 2.05. The summed E-state index contributed by atoms with van der Waals surface area (Å²) in [5, 5.41) is 6.90. The first-order valence-electron chi connectivity index (χ1n) is 6.92. The molecule has 1 aromatic heterocycles. The molecule has 0 spiro atoms. The fraction of sp³-hybridized carbons (Fsp3) is 0.0588. The lowest BCUT2D eigenvalue weighted by Crippen LogP contribution is -2.10. The highest BCUT2D eigenvalue weighted by Crippen LogP contribution is 2.16. The molecule has 2 aromatic carbocycles. The number of methoxy groups -OCH3 is 1. The number of anilines is 1. The largest absolute Gasteiger partial charge is 0.497 e. The number of rotatable bonds is 4. The molecule has 0 fully saturated rings. The molecule has 0 saturated heterocycles. The van der Waals surface area contributed by atoms with Crippen molar-refractivity contribution in [1.29, 1.82) is 0 Å². The molecule has 1 amide bonds. The minimum atomic E-state index is -0.321. The normalized spacial score (nSPS) is 10.3. The number of ether oxygens (including phenoxy) is 1. The minimum Gasteiger partial charge on any atom is -0.497 e. The van der Waals surface area contributed by atoms with Gasteiger partial charge in [0.15, 0.2) is 0 Å². The monoisotopic (exact) mass is 311 g/mol. The summed E-state index contributed by atoms with van der Waals surface area (Å²) in [5.74, 6) is 0.119. The van der Waals surface area contributed by atoms with Gasteiger partial charge in [-0.05, 0) is 48.5 Å². The summed E-state index contributed by atoms with van der Waals surface area (Å²) in [6.07, 6.45) is 3.05. The zero-order valence-corrected chi connectivity index (χ0v) is 12.4. The first-order chi connectivity index (χ1) is 11.2. The van der Waals surface area contributed by atoms with Crippen molar-refractivity contribution in [3.63, 3.8) is 0 Å². The van der Waals surface area contributed by atoms with Crippen LogP contribution in [0.15, 0.2) is 60.9 Å². The first-order valence-corrected chi connectivity index (χ1v) is 6.92. The predicted octanol–water partition coefficient (Wildman–Crippen LogP) is 3.27. The van der Waals surface area contributed by atoms with Gasteiger partial charge in [0.05, 0.1) is 24.6 Å². The summed E-state index contributed by atoms with van der Waals surface area (Å²) < 4.78 is 19.5. The van der Waals surface area contributed by atoms with Crippen molar-refractivity contribution in [2.45, 2.75) is 0 Å². The van der Waals surface area contributed by atoms with Crippen molar-refractivity contribution in [3.05, 3.63) is 72.3 Å². The number of nitrogens with zero attached hydrogens (tertiary/aromatic N) is 2. The van der Waals surface area contributed by atoms with Crippen LogP contribution >= 0.6 is 0 Å². The molecule has 3 rings (SSSR count). The smallest absolute Gasteiger partial charge is 0.258 e. The van der Waals surface area contributed by atoms with Gasteiger partial charge in [0.1, 0.15) is 11.6 Å². The van der Waals surface area contributed by atoms with Crippen LogP contribution in [0.4, 0.5) is 10.1 Å². The quantitative estimate of drug-likeness (QED) is 0.804. The number of nitrogens with one attached hydrogen (secondary N) is 1. The standard InChI is InChI=1S/C17H14FN3O2/c1-23-16-8-4-14(5-9-16)20-17(22)12-10-19-21(11-12)15-6-2-13(18)3-7-15/h2-11H,1H3,(H,20,22). The molecule has 3 aromatic rings. The van der Waals surface area contributed by atoms with Gasteiger partial charge in [-0.1, -0.05) is 0 Å². The van der Waals surface area contributed by atoms with Crippen molar-refractivity contribution in [2.75, 3.05) is 12.4 Å². The summed E-state index contributed by atoms with van der Waals surface area (Å²) in [6, 6.07) is 12.9. The lowest BCUT2D eigenvalue weighted by molar-refractivity contribution is 0.102. The summed E-state index contributed by atoms with van der Waals surface area (Å²) in [4.78, 5) is 12.2. The third kappa shape index (κ3) is 3.37. The topological polar surface area (TPSA) is 56.1 Å². The van der Waals surface area contributed by atoms with Crippen LogP contribution in [-0.2, 0) is 0 Å². The van der Waals surface area contributed by atoms with E-state index in [4.69, 9.17) is 4.74 Å². The molecule has 0 saturated carbocycles. The van der Waals surface area contributed by atoms with Crippen molar-refractivity contribution in [2.24, 2.45) is 0 Å². The van der Waals surface area contributed by atoms with Gasteiger partial charge in [0, 0.05) is 11.9 Å². The van der Waals surface area contributed by atoms with Crippen LogP contribution in [0.3, 0.4) is 0 Å². The minimum absolute atomic E-state index is 0.275. The second kappa shape index (κ2) is 6.31. The zero-order valence-electron chi connectivity index (χ0n) is 12.4.